The standard InChI is InChI=1S/C23H31N7O4/c1-24-23(31)26-16-2-4-17(5-3-16)27-11-22-21(8-25-30(22)18-12-32-15-33-13-18)29(14-27)28-9-19-6-7-20(10-28)34-19/h2-5,8,11,18-20,25H,6-7,9-10,12-15H2,1H3,(H2,24,26,31). The Hall–Kier alpha value is -2.99. The Morgan fingerprint density at radius 3 is 2.50 bits per heavy atom. The largest absolute Gasteiger partial charge is 0.372 e. The van der Waals surface area contributed by atoms with E-state index < -0.39 is 0 Å². The lowest BCUT2D eigenvalue weighted by Crippen LogP contribution is -2.56. The average molecular weight is 470 g/mol. The summed E-state index contributed by atoms with van der Waals surface area (Å²) >= 11 is 0. The first-order chi connectivity index (χ1) is 16.7. The number of benzene rings is 1. The second-order valence-electron chi connectivity index (χ2n) is 9.15. The minimum absolute atomic E-state index is 0.0792. The van der Waals surface area contributed by atoms with Gasteiger partial charge in [-0.3, -0.25) is 10.0 Å². The van der Waals surface area contributed by atoms with Gasteiger partial charge in [-0.05, 0) is 37.1 Å². The first-order valence-electron chi connectivity index (χ1n) is 11.8. The monoisotopic (exact) mass is 469 g/mol. The van der Waals surface area contributed by atoms with Crippen LogP contribution in [0.15, 0.2) is 48.1 Å². The Balaban J connectivity index is 1.28. The summed E-state index contributed by atoms with van der Waals surface area (Å²) in [6.45, 7) is 4.01. The van der Waals surface area contributed by atoms with Crippen LogP contribution >= 0.6 is 0 Å². The van der Waals surface area contributed by atoms with Crippen molar-refractivity contribution in [2.75, 3.05) is 57.0 Å². The highest BCUT2D eigenvalue weighted by Gasteiger charge is 2.41. The Morgan fingerprint density at radius 1 is 1.06 bits per heavy atom. The number of rotatable bonds is 4. The number of hydrogen-bond acceptors (Lipinski definition) is 9. The number of nitrogens with zero attached hydrogens (tertiary/aromatic N) is 4. The predicted octanol–water partition coefficient (Wildman–Crippen LogP) is 1.17. The van der Waals surface area contributed by atoms with Gasteiger partial charge in [0.25, 0.3) is 0 Å². The molecule has 5 aliphatic rings. The van der Waals surface area contributed by atoms with Crippen LogP contribution in [0, 0.1) is 0 Å². The number of anilines is 2. The Bertz CT molecular complexity index is 966. The molecule has 0 aliphatic carbocycles. The molecule has 2 bridgehead atoms. The van der Waals surface area contributed by atoms with Crippen molar-refractivity contribution in [2.45, 2.75) is 31.1 Å². The molecule has 1 aromatic rings. The quantitative estimate of drug-likeness (QED) is 0.601. The van der Waals surface area contributed by atoms with Gasteiger partial charge >= 0.3 is 6.03 Å². The lowest BCUT2D eigenvalue weighted by molar-refractivity contribution is -0.136. The summed E-state index contributed by atoms with van der Waals surface area (Å²) in [6, 6.07) is 7.73. The van der Waals surface area contributed by atoms with Crippen LogP contribution in [-0.4, -0.2) is 86.1 Å². The second kappa shape index (κ2) is 8.99. The van der Waals surface area contributed by atoms with Crippen LogP contribution in [0.4, 0.5) is 16.2 Å². The van der Waals surface area contributed by atoms with Crippen molar-refractivity contribution in [3.05, 3.63) is 48.1 Å². The third kappa shape index (κ3) is 4.05. The zero-order valence-electron chi connectivity index (χ0n) is 19.3. The van der Waals surface area contributed by atoms with Gasteiger partial charge in [0, 0.05) is 43.9 Å². The van der Waals surface area contributed by atoms with E-state index in [1.54, 1.807) is 7.05 Å². The van der Waals surface area contributed by atoms with E-state index in [1.165, 1.54) is 0 Å². The Kier molecular flexibility index (Phi) is 5.69. The molecule has 11 nitrogen and oxygen atoms in total. The molecular formula is C23H31N7O4. The van der Waals surface area contributed by atoms with Crippen LogP contribution in [0.5, 0.6) is 0 Å². The predicted molar refractivity (Wildman–Crippen MR) is 125 cm³/mol. The van der Waals surface area contributed by atoms with E-state index in [4.69, 9.17) is 14.2 Å². The van der Waals surface area contributed by atoms with Crippen LogP contribution < -0.4 is 21.0 Å². The third-order valence-electron chi connectivity index (χ3n) is 6.91. The zero-order chi connectivity index (χ0) is 23.1. The molecule has 5 aliphatic heterocycles. The van der Waals surface area contributed by atoms with Gasteiger partial charge in [-0.2, -0.15) is 0 Å². The number of ether oxygens (including phenoxy) is 3. The second-order valence-corrected chi connectivity index (χ2v) is 9.15. The van der Waals surface area contributed by atoms with Crippen LogP contribution in [0.3, 0.4) is 0 Å². The molecule has 11 heteroatoms. The van der Waals surface area contributed by atoms with E-state index in [0.29, 0.717) is 38.9 Å². The number of nitrogens with one attached hydrogen (secondary N) is 3. The number of hydrogen-bond donors (Lipinski definition) is 3. The molecule has 3 N–H and O–H groups in total. The third-order valence-corrected chi connectivity index (χ3v) is 6.91. The molecule has 182 valence electrons. The minimum Gasteiger partial charge on any atom is -0.372 e. The molecule has 2 amide bonds. The van der Waals surface area contributed by atoms with Crippen molar-refractivity contribution in [1.29, 1.82) is 0 Å². The normalized spacial score (nSPS) is 27.1. The van der Waals surface area contributed by atoms with E-state index >= 15 is 0 Å². The molecule has 1 aromatic carbocycles. The molecule has 0 radical (unpaired) electrons. The number of urea groups is 1. The molecule has 3 saturated heterocycles. The molecule has 3 fully saturated rings. The minimum atomic E-state index is -0.236. The summed E-state index contributed by atoms with van der Waals surface area (Å²) in [4.78, 5) is 13.9. The summed E-state index contributed by atoms with van der Waals surface area (Å²) in [5.41, 5.74) is 7.45. The van der Waals surface area contributed by atoms with Crippen molar-refractivity contribution in [1.82, 2.24) is 25.8 Å². The number of morpholine rings is 1. The van der Waals surface area contributed by atoms with Crippen molar-refractivity contribution >= 4 is 17.4 Å². The highest BCUT2D eigenvalue weighted by molar-refractivity contribution is 5.89. The number of amides is 2. The zero-order valence-corrected chi connectivity index (χ0v) is 19.3. The van der Waals surface area contributed by atoms with Crippen molar-refractivity contribution < 1.29 is 19.0 Å². The van der Waals surface area contributed by atoms with Crippen molar-refractivity contribution in [3.63, 3.8) is 0 Å². The molecule has 34 heavy (non-hydrogen) atoms. The van der Waals surface area contributed by atoms with E-state index in [2.05, 4.69) is 48.4 Å². The van der Waals surface area contributed by atoms with Crippen molar-refractivity contribution in [3.8, 4) is 0 Å². The summed E-state index contributed by atoms with van der Waals surface area (Å²) < 4.78 is 17.2. The van der Waals surface area contributed by atoms with Gasteiger partial charge in [0.1, 0.15) is 19.2 Å². The van der Waals surface area contributed by atoms with Gasteiger partial charge in [-0.25, -0.2) is 9.80 Å². The summed E-state index contributed by atoms with van der Waals surface area (Å²) in [5, 5.41) is 12.3. The molecule has 2 atom stereocenters. The van der Waals surface area contributed by atoms with Gasteiger partial charge in [0.05, 0.1) is 37.2 Å². The molecule has 0 aromatic heterocycles. The fraction of sp³-hybridized carbons (Fsp3) is 0.522. The smallest absolute Gasteiger partial charge is 0.318 e. The lowest BCUT2D eigenvalue weighted by atomic mass is 10.2. The van der Waals surface area contributed by atoms with E-state index in [0.717, 1.165) is 48.7 Å². The fourth-order valence-corrected chi connectivity index (χ4v) is 5.19. The number of carbonyl (C=O) groups excluding carboxylic acids is 1. The summed E-state index contributed by atoms with van der Waals surface area (Å²) in [5.74, 6) is 0. The SMILES string of the molecule is CNC(=O)Nc1ccc(N2C=C3C(=CNN3C3COCOC3)N(N3CC4CCC(C3)O4)C2)cc1. The first-order valence-corrected chi connectivity index (χ1v) is 11.8. The Morgan fingerprint density at radius 2 is 1.79 bits per heavy atom. The van der Waals surface area contributed by atoms with Gasteiger partial charge in [-0.1, -0.05) is 0 Å². The number of fused-ring (bicyclic) bond motifs is 3. The average Bonchev–Trinajstić information content (AvgIpc) is 3.46. The molecule has 0 spiro atoms. The highest BCUT2D eigenvalue weighted by Crippen LogP contribution is 2.36. The Labute approximate surface area is 198 Å². The van der Waals surface area contributed by atoms with Crippen molar-refractivity contribution in [2.24, 2.45) is 0 Å². The molecule has 0 saturated carbocycles. The van der Waals surface area contributed by atoms with Crippen LogP contribution in [-0.2, 0) is 14.2 Å². The van der Waals surface area contributed by atoms with Crippen LogP contribution in [0.1, 0.15) is 12.8 Å². The van der Waals surface area contributed by atoms with Gasteiger partial charge in [0.15, 0.2) is 0 Å². The van der Waals surface area contributed by atoms with Gasteiger partial charge < -0.3 is 35.2 Å². The number of carbonyl (C=O) groups is 1. The maximum Gasteiger partial charge on any atom is 0.318 e. The lowest BCUT2D eigenvalue weighted by Gasteiger charge is -2.47. The topological polar surface area (TPSA) is 93.8 Å². The van der Waals surface area contributed by atoms with Gasteiger partial charge in [0.2, 0.25) is 0 Å². The maximum absolute atomic E-state index is 11.7. The first kappa shape index (κ1) is 21.5. The highest BCUT2D eigenvalue weighted by atomic mass is 16.7. The van der Waals surface area contributed by atoms with Gasteiger partial charge in [-0.15, -0.1) is 0 Å². The maximum atomic E-state index is 11.7. The van der Waals surface area contributed by atoms with Crippen LogP contribution in [0.25, 0.3) is 0 Å². The molecule has 6 rings (SSSR count). The van der Waals surface area contributed by atoms with E-state index in [-0.39, 0.29) is 12.1 Å². The van der Waals surface area contributed by atoms with Crippen LogP contribution in [0.2, 0.25) is 0 Å². The molecule has 5 heterocycles. The molecule has 2 unspecified atom stereocenters. The van der Waals surface area contributed by atoms with E-state index in [1.807, 2.05) is 24.3 Å². The summed E-state index contributed by atoms with van der Waals surface area (Å²) in [7, 11) is 1.60. The van der Waals surface area contributed by atoms with E-state index in [9.17, 15) is 4.79 Å². The molecular weight excluding hydrogens is 438 g/mol. The summed E-state index contributed by atoms with van der Waals surface area (Å²) in [6.07, 6.45) is 7.09. The number of hydrazine groups is 2. The fourth-order valence-electron chi connectivity index (χ4n) is 5.19.